The van der Waals surface area contributed by atoms with Crippen molar-refractivity contribution in [3.63, 3.8) is 0 Å². The fraction of sp³-hybridized carbons (Fsp3) is 0.419. The molecule has 0 saturated carbocycles. The first-order valence-electron chi connectivity index (χ1n) is 19.3. The lowest BCUT2D eigenvalue weighted by atomic mass is 9.92. The molecule has 6 rings (SSSR count). The highest BCUT2D eigenvalue weighted by molar-refractivity contribution is 5.98. The number of Topliss-reactive ketones (excluding diaryl/α,β-unsaturated/α-hetero) is 1. The number of anilines is 1. The van der Waals surface area contributed by atoms with E-state index in [2.05, 4.69) is 31.6 Å². The topological polar surface area (TPSA) is 171 Å². The highest BCUT2D eigenvalue weighted by Gasteiger charge is 2.32. The molecule has 6 N–H and O–H groups in total. The lowest BCUT2D eigenvalue weighted by Crippen LogP contribution is -2.59. The van der Waals surface area contributed by atoms with Crippen molar-refractivity contribution in [2.24, 2.45) is 11.8 Å². The molecule has 0 radical (unpaired) electrons. The van der Waals surface area contributed by atoms with E-state index >= 15 is 0 Å². The number of hydrogen-bond acceptors (Lipinski definition) is 9. The summed E-state index contributed by atoms with van der Waals surface area (Å²) in [5, 5.41) is 27.8. The molecule has 3 amide bonds. The molecule has 12 heteroatoms. The Bertz CT molecular complexity index is 1890. The third kappa shape index (κ3) is 11.6. The van der Waals surface area contributed by atoms with Crippen molar-refractivity contribution in [2.45, 2.75) is 90.2 Å². The third-order valence-electron chi connectivity index (χ3n) is 10.1. The number of carbonyl (C=O) groups is 4. The molecule has 2 aliphatic heterocycles. The molecule has 0 spiro atoms. The number of benzene rings is 3. The number of aromatic nitrogens is 1. The quantitative estimate of drug-likeness (QED) is 0.113. The third-order valence-corrected chi connectivity index (χ3v) is 10.1. The second kappa shape index (κ2) is 19.8. The second-order valence-corrected chi connectivity index (χ2v) is 14.6. The number of ketones is 1. The fourth-order valence-electron chi connectivity index (χ4n) is 6.53. The normalized spacial score (nSPS) is 18.8. The van der Waals surface area contributed by atoms with E-state index in [1.54, 1.807) is 18.2 Å². The molecular weight excluding hydrogens is 697 g/mol. The lowest BCUT2D eigenvalue weighted by molar-refractivity contribution is -0.130. The maximum absolute atomic E-state index is 13.9. The van der Waals surface area contributed by atoms with Crippen molar-refractivity contribution >= 4 is 40.1 Å². The number of rotatable bonds is 13. The molecular formula is C43H54N6O6. The molecule has 2 bridgehead atoms. The van der Waals surface area contributed by atoms with Crippen LogP contribution in [0, 0.1) is 11.8 Å². The molecule has 55 heavy (non-hydrogen) atoms. The first kappa shape index (κ1) is 40.8. The number of pyridine rings is 1. The second-order valence-electron chi connectivity index (χ2n) is 14.6. The summed E-state index contributed by atoms with van der Waals surface area (Å²) in [6.07, 6.45) is 0.418. The van der Waals surface area contributed by atoms with Crippen LogP contribution in [0.2, 0.25) is 0 Å². The van der Waals surface area contributed by atoms with Gasteiger partial charge in [-0.3, -0.25) is 24.5 Å². The van der Waals surface area contributed by atoms with Crippen molar-refractivity contribution < 1.29 is 29.0 Å². The predicted molar refractivity (Wildman–Crippen MR) is 214 cm³/mol. The zero-order valence-corrected chi connectivity index (χ0v) is 32.1. The Morgan fingerprint density at radius 3 is 2.35 bits per heavy atom. The van der Waals surface area contributed by atoms with Crippen LogP contribution in [0.5, 0.6) is 5.75 Å². The maximum Gasteiger partial charge on any atom is 0.270 e. The van der Waals surface area contributed by atoms with Gasteiger partial charge in [-0.05, 0) is 73.1 Å². The van der Waals surface area contributed by atoms with Gasteiger partial charge in [0.1, 0.15) is 17.5 Å². The van der Waals surface area contributed by atoms with E-state index in [1.165, 1.54) is 0 Å². The zero-order valence-electron chi connectivity index (χ0n) is 32.1. The smallest absolute Gasteiger partial charge is 0.270 e. The van der Waals surface area contributed by atoms with Gasteiger partial charge in [0.25, 0.3) is 11.8 Å². The van der Waals surface area contributed by atoms with E-state index in [1.807, 2.05) is 100 Å². The molecule has 0 fully saturated rings. The van der Waals surface area contributed by atoms with E-state index in [9.17, 15) is 24.3 Å². The molecule has 292 valence electrons. The average molecular weight is 751 g/mol. The van der Waals surface area contributed by atoms with E-state index < -0.39 is 48.1 Å². The van der Waals surface area contributed by atoms with Gasteiger partial charge >= 0.3 is 0 Å². The summed E-state index contributed by atoms with van der Waals surface area (Å²) >= 11 is 0. The summed E-state index contributed by atoms with van der Waals surface area (Å²) < 4.78 is 5.86. The molecule has 0 saturated heterocycles. The average Bonchev–Trinajstić information content (AvgIpc) is 3.20. The number of aliphatic hydroxyl groups excluding tert-OH is 1. The Hall–Kier alpha value is -5.33. The van der Waals surface area contributed by atoms with Crippen LogP contribution in [-0.2, 0) is 20.8 Å². The van der Waals surface area contributed by atoms with Crippen molar-refractivity contribution in [1.82, 2.24) is 26.3 Å². The molecule has 2 aliphatic rings. The van der Waals surface area contributed by atoms with Gasteiger partial charge in [0.15, 0.2) is 11.9 Å². The van der Waals surface area contributed by atoms with Crippen molar-refractivity contribution in [3.8, 4) is 5.75 Å². The Labute approximate surface area is 323 Å². The van der Waals surface area contributed by atoms with E-state index in [-0.39, 0.29) is 36.3 Å². The van der Waals surface area contributed by atoms with Crippen LogP contribution < -0.4 is 31.3 Å². The number of aliphatic hydroxyl groups is 1. The first-order valence-corrected chi connectivity index (χ1v) is 19.3. The Kier molecular flexibility index (Phi) is 14.7. The van der Waals surface area contributed by atoms with Gasteiger partial charge in [0, 0.05) is 24.0 Å². The predicted octanol–water partition coefficient (Wildman–Crippen LogP) is 4.77. The zero-order chi connectivity index (χ0) is 39.3. The lowest BCUT2D eigenvalue weighted by Gasteiger charge is -2.31. The van der Waals surface area contributed by atoms with Crippen molar-refractivity contribution in [3.05, 3.63) is 102 Å². The summed E-state index contributed by atoms with van der Waals surface area (Å²) in [5.41, 5.74) is 2.35. The van der Waals surface area contributed by atoms with Gasteiger partial charge in [-0.15, -0.1) is 0 Å². The van der Waals surface area contributed by atoms with Gasteiger partial charge in [-0.2, -0.15) is 0 Å². The summed E-state index contributed by atoms with van der Waals surface area (Å²) in [6, 6.07) is 25.2. The maximum atomic E-state index is 13.9. The summed E-state index contributed by atoms with van der Waals surface area (Å²) in [5.74, 6) is -1.15. The number of fused-ring (bicyclic) bond motifs is 13. The number of nitrogens with one attached hydrogen (secondary N) is 5. The van der Waals surface area contributed by atoms with Crippen LogP contribution in [0.4, 0.5) is 5.69 Å². The Morgan fingerprint density at radius 1 is 0.891 bits per heavy atom. The standard InChI is InChI=1S/C43H54N6O6/c1-5-28(4)39-36(50)17-11-12-24-55-32-21-19-31(20-22-32)45-40(43(54)49-39)44-26-37(51)35(25-29-13-7-6-8-14-29)47-42(53)38(27(2)3)48-41(52)34-23-18-30-15-9-10-16-33(30)46-34/h6-10,13-16,18-23,27-28,35,37-40,44-45,51H,5,11-12,17,24-26H2,1-4H3,(H,47,53)(H,48,52)(H,49,54)/t28?,35-,37+,38-,39-,40-/m0/s1. The SMILES string of the molecule is CCC(C)[C@@H]1NC(=O)[C@@H](NC[C@@H](O)[C@H](Cc2ccccc2)NC(=O)[C@@H](NC(=O)c2ccc3ccccc3n2)C(C)C)Nc2ccc(cc2)OCCCCC1=O. The number of nitrogens with zero attached hydrogens (tertiary/aromatic N) is 1. The molecule has 3 aromatic carbocycles. The molecule has 12 nitrogen and oxygen atoms in total. The summed E-state index contributed by atoms with van der Waals surface area (Å²) in [6.45, 7) is 7.97. The van der Waals surface area contributed by atoms with Gasteiger partial charge in [0.05, 0.1) is 30.3 Å². The molecule has 1 aromatic heterocycles. The minimum Gasteiger partial charge on any atom is -0.494 e. The van der Waals surface area contributed by atoms with E-state index in [4.69, 9.17) is 4.74 Å². The highest BCUT2D eigenvalue weighted by atomic mass is 16.5. The summed E-state index contributed by atoms with van der Waals surface area (Å²) in [7, 11) is 0. The molecule has 3 heterocycles. The minimum atomic E-state index is -1.18. The largest absolute Gasteiger partial charge is 0.494 e. The van der Waals surface area contributed by atoms with Crippen LogP contribution in [-0.4, -0.2) is 77.1 Å². The fourth-order valence-corrected chi connectivity index (χ4v) is 6.53. The van der Waals surface area contributed by atoms with Crippen LogP contribution in [0.15, 0.2) is 91.0 Å². The number of ether oxygens (including phenoxy) is 1. The molecule has 6 atom stereocenters. The van der Waals surface area contributed by atoms with Crippen LogP contribution >= 0.6 is 0 Å². The number of para-hydroxylation sites is 1. The van der Waals surface area contributed by atoms with Gasteiger partial charge < -0.3 is 31.1 Å². The van der Waals surface area contributed by atoms with Gasteiger partial charge in [-0.1, -0.05) is 88.7 Å². The minimum absolute atomic E-state index is 0.0373. The molecule has 0 aliphatic carbocycles. The number of carbonyl (C=O) groups excluding carboxylic acids is 4. The van der Waals surface area contributed by atoms with Gasteiger partial charge in [0.2, 0.25) is 5.91 Å². The molecule has 4 aromatic rings. The first-order chi connectivity index (χ1) is 26.5. The molecule has 1 unspecified atom stereocenters. The summed E-state index contributed by atoms with van der Waals surface area (Å²) in [4.78, 5) is 59.1. The number of hydrogen-bond donors (Lipinski definition) is 6. The van der Waals surface area contributed by atoms with Crippen LogP contribution in [0.25, 0.3) is 10.9 Å². The van der Waals surface area contributed by atoms with E-state index in [0.29, 0.717) is 49.2 Å². The van der Waals surface area contributed by atoms with Gasteiger partial charge in [-0.25, -0.2) is 4.98 Å². The Balaban J connectivity index is 1.34. The van der Waals surface area contributed by atoms with Crippen molar-refractivity contribution in [1.29, 1.82) is 0 Å². The van der Waals surface area contributed by atoms with Crippen LogP contribution in [0.1, 0.15) is 69.4 Å². The number of amides is 3. The monoisotopic (exact) mass is 750 g/mol. The van der Waals surface area contributed by atoms with Crippen molar-refractivity contribution in [2.75, 3.05) is 18.5 Å². The van der Waals surface area contributed by atoms with Crippen LogP contribution in [0.3, 0.4) is 0 Å². The Morgan fingerprint density at radius 2 is 1.62 bits per heavy atom. The van der Waals surface area contributed by atoms with E-state index in [0.717, 1.165) is 10.9 Å². The highest BCUT2D eigenvalue weighted by Crippen LogP contribution is 2.19.